The molecule has 1 N–H and O–H groups in total. The molecule has 1 amide bonds. The standard InChI is InChI=1S/C10H13NO2S/c1-7-3-4-8(14-7)9(12)11-5-10(2,13)6-11/h3-4,13H,5-6H2,1-2H3. The minimum atomic E-state index is -0.679. The van der Waals surface area contributed by atoms with E-state index in [-0.39, 0.29) is 5.91 Å². The van der Waals surface area contributed by atoms with Gasteiger partial charge in [-0.15, -0.1) is 11.3 Å². The fourth-order valence-corrected chi connectivity index (χ4v) is 2.46. The highest BCUT2D eigenvalue weighted by atomic mass is 32.1. The Morgan fingerprint density at radius 3 is 2.64 bits per heavy atom. The van der Waals surface area contributed by atoms with E-state index in [0.29, 0.717) is 13.1 Å². The highest BCUT2D eigenvalue weighted by Gasteiger charge is 2.39. The van der Waals surface area contributed by atoms with E-state index in [1.54, 1.807) is 11.8 Å². The van der Waals surface area contributed by atoms with E-state index in [9.17, 15) is 9.90 Å². The first-order valence-electron chi connectivity index (χ1n) is 4.56. The lowest BCUT2D eigenvalue weighted by Gasteiger charge is -2.43. The number of amides is 1. The molecule has 0 bridgehead atoms. The first-order chi connectivity index (χ1) is 6.48. The van der Waals surface area contributed by atoms with Crippen LogP contribution in [0.1, 0.15) is 21.5 Å². The average molecular weight is 211 g/mol. The molecule has 1 aliphatic rings. The highest BCUT2D eigenvalue weighted by molar-refractivity contribution is 7.13. The smallest absolute Gasteiger partial charge is 0.264 e. The number of carbonyl (C=O) groups excluding carboxylic acids is 1. The van der Waals surface area contributed by atoms with Crippen LogP contribution in [0.5, 0.6) is 0 Å². The number of nitrogens with zero attached hydrogens (tertiary/aromatic N) is 1. The highest BCUT2D eigenvalue weighted by Crippen LogP contribution is 2.24. The van der Waals surface area contributed by atoms with Gasteiger partial charge in [-0.25, -0.2) is 0 Å². The third kappa shape index (κ3) is 1.67. The summed E-state index contributed by atoms with van der Waals surface area (Å²) in [5.74, 6) is 0.0367. The van der Waals surface area contributed by atoms with Crippen LogP contribution in [-0.2, 0) is 0 Å². The minimum absolute atomic E-state index is 0.0367. The summed E-state index contributed by atoms with van der Waals surface area (Å²) in [5, 5.41) is 9.49. The molecule has 1 aliphatic heterocycles. The summed E-state index contributed by atoms with van der Waals surface area (Å²) in [6, 6.07) is 3.78. The van der Waals surface area contributed by atoms with Crippen molar-refractivity contribution in [3.63, 3.8) is 0 Å². The van der Waals surface area contributed by atoms with Crippen molar-refractivity contribution in [2.75, 3.05) is 13.1 Å². The van der Waals surface area contributed by atoms with Crippen LogP contribution in [0.2, 0.25) is 0 Å². The molecular weight excluding hydrogens is 198 g/mol. The Kier molecular flexibility index (Phi) is 2.12. The number of aliphatic hydroxyl groups is 1. The molecule has 3 nitrogen and oxygen atoms in total. The number of likely N-dealkylation sites (tertiary alicyclic amines) is 1. The molecule has 0 unspecified atom stereocenters. The van der Waals surface area contributed by atoms with Gasteiger partial charge in [-0.2, -0.15) is 0 Å². The number of hydrogen-bond acceptors (Lipinski definition) is 3. The van der Waals surface area contributed by atoms with E-state index in [0.717, 1.165) is 9.75 Å². The third-order valence-corrected chi connectivity index (χ3v) is 3.29. The molecule has 0 atom stereocenters. The molecule has 0 spiro atoms. The van der Waals surface area contributed by atoms with Crippen LogP contribution in [0.3, 0.4) is 0 Å². The van der Waals surface area contributed by atoms with Gasteiger partial charge in [-0.3, -0.25) is 4.79 Å². The second-order valence-electron chi connectivity index (χ2n) is 4.07. The lowest BCUT2D eigenvalue weighted by atomic mass is 9.97. The predicted octanol–water partition coefficient (Wildman–Crippen LogP) is 1.26. The van der Waals surface area contributed by atoms with E-state index in [1.807, 2.05) is 19.1 Å². The quantitative estimate of drug-likeness (QED) is 0.759. The molecule has 1 aromatic heterocycles. The first kappa shape index (κ1) is 9.68. The number of β-amino-alcohol motifs (C(OH)–C–C–N with tert-alkyl or cyclic N) is 1. The van der Waals surface area contributed by atoms with Crippen molar-refractivity contribution < 1.29 is 9.90 Å². The van der Waals surface area contributed by atoms with Crippen LogP contribution in [0.4, 0.5) is 0 Å². The summed E-state index contributed by atoms with van der Waals surface area (Å²) in [6.45, 7) is 4.62. The maximum atomic E-state index is 11.8. The van der Waals surface area contributed by atoms with Gasteiger partial charge >= 0.3 is 0 Å². The molecule has 1 fully saturated rings. The Labute approximate surface area is 87.0 Å². The monoisotopic (exact) mass is 211 g/mol. The summed E-state index contributed by atoms with van der Waals surface area (Å²) in [6.07, 6.45) is 0. The van der Waals surface area contributed by atoms with Gasteiger partial charge in [-0.1, -0.05) is 0 Å². The zero-order chi connectivity index (χ0) is 10.3. The molecule has 0 saturated carbocycles. The van der Waals surface area contributed by atoms with Crippen LogP contribution >= 0.6 is 11.3 Å². The Morgan fingerprint density at radius 1 is 1.57 bits per heavy atom. The molecule has 2 heterocycles. The minimum Gasteiger partial charge on any atom is -0.386 e. The van der Waals surface area contributed by atoms with E-state index in [1.165, 1.54) is 11.3 Å². The molecule has 0 aromatic carbocycles. The second-order valence-corrected chi connectivity index (χ2v) is 5.36. The molecule has 1 saturated heterocycles. The Balaban J connectivity index is 2.04. The lowest BCUT2D eigenvalue weighted by molar-refractivity contribution is -0.0667. The predicted molar refractivity (Wildman–Crippen MR) is 55.6 cm³/mol. The Hall–Kier alpha value is -0.870. The van der Waals surface area contributed by atoms with Gasteiger partial charge in [-0.05, 0) is 26.0 Å². The zero-order valence-corrected chi connectivity index (χ0v) is 9.10. The maximum Gasteiger partial charge on any atom is 0.264 e. The van der Waals surface area contributed by atoms with Gasteiger partial charge < -0.3 is 10.0 Å². The Morgan fingerprint density at radius 2 is 2.21 bits per heavy atom. The summed E-state index contributed by atoms with van der Waals surface area (Å²) >= 11 is 1.50. The fraction of sp³-hybridized carbons (Fsp3) is 0.500. The van der Waals surface area contributed by atoms with Gasteiger partial charge in [0.05, 0.1) is 23.6 Å². The van der Waals surface area contributed by atoms with Crippen LogP contribution < -0.4 is 0 Å². The summed E-state index contributed by atoms with van der Waals surface area (Å²) in [7, 11) is 0. The molecule has 0 aliphatic carbocycles. The molecule has 4 heteroatoms. The summed E-state index contributed by atoms with van der Waals surface area (Å²) in [4.78, 5) is 15.3. The molecule has 2 rings (SSSR count). The van der Waals surface area contributed by atoms with Crippen molar-refractivity contribution in [2.45, 2.75) is 19.4 Å². The summed E-state index contributed by atoms with van der Waals surface area (Å²) in [5.41, 5.74) is -0.679. The van der Waals surface area contributed by atoms with Crippen molar-refractivity contribution in [3.8, 4) is 0 Å². The third-order valence-electron chi connectivity index (χ3n) is 2.30. The number of aryl methyl sites for hydroxylation is 1. The number of carbonyl (C=O) groups is 1. The SMILES string of the molecule is Cc1ccc(C(=O)N2CC(C)(O)C2)s1. The van der Waals surface area contributed by atoms with Crippen LogP contribution in [0.15, 0.2) is 12.1 Å². The van der Waals surface area contributed by atoms with Gasteiger partial charge in [0, 0.05) is 4.88 Å². The fourth-order valence-electron chi connectivity index (χ4n) is 1.62. The van der Waals surface area contributed by atoms with Crippen molar-refractivity contribution in [1.82, 2.24) is 4.90 Å². The van der Waals surface area contributed by atoms with Crippen molar-refractivity contribution in [1.29, 1.82) is 0 Å². The topological polar surface area (TPSA) is 40.5 Å². The summed E-state index contributed by atoms with van der Waals surface area (Å²) < 4.78 is 0. The van der Waals surface area contributed by atoms with Gasteiger partial charge in [0.2, 0.25) is 0 Å². The number of thiophene rings is 1. The molecule has 76 valence electrons. The van der Waals surface area contributed by atoms with Gasteiger partial charge in [0.15, 0.2) is 0 Å². The van der Waals surface area contributed by atoms with Crippen molar-refractivity contribution in [2.24, 2.45) is 0 Å². The van der Waals surface area contributed by atoms with Crippen molar-refractivity contribution >= 4 is 17.2 Å². The molecular formula is C10H13NO2S. The van der Waals surface area contributed by atoms with Crippen LogP contribution in [0, 0.1) is 6.92 Å². The Bertz CT molecular complexity index is 362. The first-order valence-corrected chi connectivity index (χ1v) is 5.38. The lowest BCUT2D eigenvalue weighted by Crippen LogP contribution is -2.61. The second kappa shape index (κ2) is 3.07. The largest absolute Gasteiger partial charge is 0.386 e. The number of rotatable bonds is 1. The zero-order valence-electron chi connectivity index (χ0n) is 8.28. The van der Waals surface area contributed by atoms with E-state index < -0.39 is 5.60 Å². The van der Waals surface area contributed by atoms with Gasteiger partial charge in [0.25, 0.3) is 5.91 Å². The van der Waals surface area contributed by atoms with Gasteiger partial charge in [0.1, 0.15) is 0 Å². The van der Waals surface area contributed by atoms with E-state index in [2.05, 4.69) is 0 Å². The molecule has 1 aromatic rings. The molecule has 14 heavy (non-hydrogen) atoms. The van der Waals surface area contributed by atoms with Crippen LogP contribution in [-0.4, -0.2) is 34.6 Å². The average Bonchev–Trinajstić information content (AvgIpc) is 2.46. The number of hydrogen-bond donors (Lipinski definition) is 1. The maximum absolute atomic E-state index is 11.8. The normalized spacial score (nSPS) is 19.2. The molecule has 0 radical (unpaired) electrons. The van der Waals surface area contributed by atoms with E-state index >= 15 is 0 Å². The van der Waals surface area contributed by atoms with Crippen molar-refractivity contribution in [3.05, 3.63) is 21.9 Å². The van der Waals surface area contributed by atoms with E-state index in [4.69, 9.17) is 0 Å². The van der Waals surface area contributed by atoms with Crippen LogP contribution in [0.25, 0.3) is 0 Å².